The zero-order valence-corrected chi connectivity index (χ0v) is 13.3. The SMILES string of the molecule is CCOc1ccc(CNCC(C)(C)c2cccs2)cc1. The van der Waals surface area contributed by atoms with Crippen LogP contribution in [0.4, 0.5) is 0 Å². The monoisotopic (exact) mass is 289 g/mol. The van der Waals surface area contributed by atoms with Crippen LogP contribution in [-0.2, 0) is 12.0 Å². The largest absolute Gasteiger partial charge is 0.494 e. The van der Waals surface area contributed by atoms with Crippen molar-refractivity contribution in [2.75, 3.05) is 13.2 Å². The summed E-state index contributed by atoms with van der Waals surface area (Å²) in [5.74, 6) is 0.940. The topological polar surface area (TPSA) is 21.3 Å². The van der Waals surface area contributed by atoms with Gasteiger partial charge in [-0.05, 0) is 36.1 Å². The summed E-state index contributed by atoms with van der Waals surface area (Å²) in [6, 6.07) is 12.6. The molecule has 0 fully saturated rings. The van der Waals surface area contributed by atoms with Gasteiger partial charge in [0.15, 0.2) is 0 Å². The lowest BCUT2D eigenvalue weighted by atomic mass is 9.91. The molecule has 0 saturated heterocycles. The number of thiophene rings is 1. The molecule has 1 N–H and O–H groups in total. The van der Waals surface area contributed by atoms with Crippen LogP contribution < -0.4 is 10.1 Å². The molecule has 0 spiro atoms. The summed E-state index contributed by atoms with van der Waals surface area (Å²) in [4.78, 5) is 1.43. The number of hydrogen-bond acceptors (Lipinski definition) is 3. The molecule has 2 nitrogen and oxygen atoms in total. The molecule has 0 aliphatic heterocycles. The molecule has 0 radical (unpaired) electrons. The third kappa shape index (κ3) is 4.09. The van der Waals surface area contributed by atoms with Crippen LogP contribution in [0.1, 0.15) is 31.2 Å². The Bertz CT molecular complexity index is 502. The van der Waals surface area contributed by atoms with Crippen molar-refractivity contribution >= 4 is 11.3 Å². The third-order valence-electron chi connectivity index (χ3n) is 3.32. The lowest BCUT2D eigenvalue weighted by Crippen LogP contribution is -2.31. The van der Waals surface area contributed by atoms with Crippen molar-refractivity contribution in [1.82, 2.24) is 5.32 Å². The van der Waals surface area contributed by atoms with Crippen LogP contribution in [0.25, 0.3) is 0 Å². The van der Waals surface area contributed by atoms with E-state index in [2.05, 4.69) is 48.8 Å². The summed E-state index contributed by atoms with van der Waals surface area (Å²) in [6.07, 6.45) is 0. The molecular weight excluding hydrogens is 266 g/mol. The van der Waals surface area contributed by atoms with E-state index in [1.165, 1.54) is 10.4 Å². The minimum atomic E-state index is 0.180. The first-order valence-electron chi connectivity index (χ1n) is 7.08. The van der Waals surface area contributed by atoms with Crippen molar-refractivity contribution < 1.29 is 4.74 Å². The second-order valence-corrected chi connectivity index (χ2v) is 6.49. The molecule has 2 aromatic rings. The van der Waals surface area contributed by atoms with Crippen LogP contribution >= 0.6 is 11.3 Å². The van der Waals surface area contributed by atoms with Crippen LogP contribution in [0.3, 0.4) is 0 Å². The normalized spacial score (nSPS) is 11.6. The first-order chi connectivity index (χ1) is 9.62. The Kier molecular flexibility index (Phi) is 5.21. The first-order valence-corrected chi connectivity index (χ1v) is 7.96. The summed E-state index contributed by atoms with van der Waals surface area (Å²) in [5, 5.41) is 5.69. The summed E-state index contributed by atoms with van der Waals surface area (Å²) in [6.45, 7) is 9.14. The molecule has 20 heavy (non-hydrogen) atoms. The van der Waals surface area contributed by atoms with E-state index in [9.17, 15) is 0 Å². The molecular formula is C17H23NOS. The van der Waals surface area contributed by atoms with Crippen molar-refractivity contribution in [1.29, 1.82) is 0 Å². The second-order valence-electron chi connectivity index (χ2n) is 5.54. The molecule has 1 heterocycles. The molecule has 0 unspecified atom stereocenters. The Hall–Kier alpha value is -1.32. The minimum absolute atomic E-state index is 0.180. The highest BCUT2D eigenvalue weighted by Gasteiger charge is 2.20. The van der Waals surface area contributed by atoms with E-state index >= 15 is 0 Å². The van der Waals surface area contributed by atoms with Crippen molar-refractivity contribution in [3.05, 3.63) is 52.2 Å². The van der Waals surface area contributed by atoms with E-state index in [1.54, 1.807) is 0 Å². The lowest BCUT2D eigenvalue weighted by molar-refractivity contribution is 0.340. The highest BCUT2D eigenvalue weighted by Crippen LogP contribution is 2.26. The Labute approximate surface area is 125 Å². The molecule has 108 valence electrons. The lowest BCUT2D eigenvalue weighted by Gasteiger charge is -2.23. The number of ether oxygens (including phenoxy) is 1. The molecule has 1 aromatic heterocycles. The van der Waals surface area contributed by atoms with Gasteiger partial charge in [-0.2, -0.15) is 0 Å². The summed E-state index contributed by atoms with van der Waals surface area (Å²) >= 11 is 1.83. The van der Waals surface area contributed by atoms with Crippen molar-refractivity contribution in [3.63, 3.8) is 0 Å². The Balaban J connectivity index is 1.83. The van der Waals surface area contributed by atoms with Crippen molar-refractivity contribution in [2.45, 2.75) is 32.7 Å². The van der Waals surface area contributed by atoms with Gasteiger partial charge in [0.25, 0.3) is 0 Å². The van der Waals surface area contributed by atoms with Crippen LogP contribution in [0.5, 0.6) is 5.75 Å². The number of nitrogens with one attached hydrogen (secondary N) is 1. The average Bonchev–Trinajstić information content (AvgIpc) is 2.96. The number of hydrogen-bond donors (Lipinski definition) is 1. The molecule has 1 aromatic carbocycles. The maximum Gasteiger partial charge on any atom is 0.119 e. The molecule has 0 bridgehead atoms. The molecule has 2 rings (SSSR count). The predicted molar refractivity (Wildman–Crippen MR) is 86.7 cm³/mol. The first kappa shape index (κ1) is 15.1. The van der Waals surface area contributed by atoms with Gasteiger partial charge >= 0.3 is 0 Å². The Morgan fingerprint density at radius 3 is 2.50 bits per heavy atom. The van der Waals surface area contributed by atoms with E-state index in [-0.39, 0.29) is 5.41 Å². The van der Waals surface area contributed by atoms with E-state index in [0.717, 1.165) is 18.8 Å². The molecule has 0 amide bonds. The van der Waals surface area contributed by atoms with Crippen LogP contribution in [0, 0.1) is 0 Å². The maximum atomic E-state index is 5.45. The van der Waals surface area contributed by atoms with Gasteiger partial charge in [0.05, 0.1) is 6.61 Å². The molecule has 0 atom stereocenters. The zero-order valence-electron chi connectivity index (χ0n) is 12.5. The van der Waals surface area contributed by atoms with Gasteiger partial charge in [0.1, 0.15) is 5.75 Å². The second kappa shape index (κ2) is 6.91. The maximum absolute atomic E-state index is 5.45. The standard InChI is InChI=1S/C17H23NOS/c1-4-19-15-9-7-14(8-10-15)12-18-13-17(2,3)16-6-5-11-20-16/h5-11,18H,4,12-13H2,1-3H3. The van der Waals surface area contributed by atoms with E-state index < -0.39 is 0 Å². The summed E-state index contributed by atoms with van der Waals surface area (Å²) in [5.41, 5.74) is 1.47. The highest BCUT2D eigenvalue weighted by atomic mass is 32.1. The number of rotatable bonds is 7. The van der Waals surface area contributed by atoms with Crippen LogP contribution in [-0.4, -0.2) is 13.2 Å². The molecule has 0 saturated carbocycles. The molecule has 0 aliphatic carbocycles. The van der Waals surface area contributed by atoms with E-state index in [4.69, 9.17) is 4.74 Å². The van der Waals surface area contributed by atoms with E-state index in [0.29, 0.717) is 6.61 Å². The van der Waals surface area contributed by atoms with Gasteiger partial charge in [0.2, 0.25) is 0 Å². The smallest absolute Gasteiger partial charge is 0.119 e. The highest BCUT2D eigenvalue weighted by molar-refractivity contribution is 7.10. The van der Waals surface area contributed by atoms with Crippen molar-refractivity contribution in [2.24, 2.45) is 0 Å². The molecule has 3 heteroatoms. The van der Waals surface area contributed by atoms with Crippen LogP contribution in [0.2, 0.25) is 0 Å². The van der Waals surface area contributed by atoms with Gasteiger partial charge in [-0.3, -0.25) is 0 Å². The van der Waals surface area contributed by atoms with Crippen LogP contribution in [0.15, 0.2) is 41.8 Å². The predicted octanol–water partition coefficient (Wildman–Crippen LogP) is 4.21. The van der Waals surface area contributed by atoms with Gasteiger partial charge in [-0.25, -0.2) is 0 Å². The Morgan fingerprint density at radius 2 is 1.90 bits per heavy atom. The average molecular weight is 289 g/mol. The van der Waals surface area contributed by atoms with Gasteiger partial charge in [-0.1, -0.05) is 32.0 Å². The van der Waals surface area contributed by atoms with Gasteiger partial charge in [-0.15, -0.1) is 11.3 Å². The minimum Gasteiger partial charge on any atom is -0.494 e. The third-order valence-corrected chi connectivity index (χ3v) is 4.55. The summed E-state index contributed by atoms with van der Waals surface area (Å²) in [7, 11) is 0. The fourth-order valence-corrected chi connectivity index (χ4v) is 2.99. The fraction of sp³-hybridized carbons (Fsp3) is 0.412. The van der Waals surface area contributed by atoms with Gasteiger partial charge in [0, 0.05) is 23.4 Å². The number of benzene rings is 1. The van der Waals surface area contributed by atoms with E-state index in [1.807, 2.05) is 30.4 Å². The quantitative estimate of drug-likeness (QED) is 0.824. The van der Waals surface area contributed by atoms with Crippen molar-refractivity contribution in [3.8, 4) is 5.75 Å². The molecule has 0 aliphatic rings. The fourth-order valence-electron chi connectivity index (χ4n) is 2.14. The Morgan fingerprint density at radius 1 is 1.15 bits per heavy atom. The van der Waals surface area contributed by atoms with Gasteiger partial charge < -0.3 is 10.1 Å². The summed E-state index contributed by atoms with van der Waals surface area (Å²) < 4.78 is 5.45. The zero-order chi connectivity index (χ0) is 14.4.